The van der Waals surface area contributed by atoms with Gasteiger partial charge in [0.05, 0.1) is 0 Å². The highest BCUT2D eigenvalue weighted by Crippen LogP contribution is 2.12. The minimum Gasteiger partial charge on any atom is -0.356 e. The van der Waals surface area contributed by atoms with E-state index in [1.165, 1.54) is 0 Å². The standard InChI is InChI=1S/C15H29N3O2/c1-11-10-12(7-9-16-11)18-13(19)6-5-8-17-14(20)15(2,3)4/h11-12,16H,5-10H2,1-4H3,(H,17,20)(H,18,19). The van der Waals surface area contributed by atoms with Crippen LogP contribution < -0.4 is 16.0 Å². The second-order valence-electron chi connectivity index (χ2n) is 6.75. The van der Waals surface area contributed by atoms with Gasteiger partial charge < -0.3 is 16.0 Å². The zero-order valence-electron chi connectivity index (χ0n) is 13.2. The van der Waals surface area contributed by atoms with E-state index in [0.29, 0.717) is 31.5 Å². The second-order valence-corrected chi connectivity index (χ2v) is 6.75. The molecule has 0 aromatic heterocycles. The molecule has 1 saturated heterocycles. The van der Waals surface area contributed by atoms with Gasteiger partial charge in [-0.1, -0.05) is 20.8 Å². The maximum atomic E-state index is 11.8. The molecule has 1 fully saturated rings. The molecule has 1 rings (SSSR count). The molecule has 20 heavy (non-hydrogen) atoms. The summed E-state index contributed by atoms with van der Waals surface area (Å²) in [6.45, 7) is 9.31. The molecule has 5 heteroatoms. The van der Waals surface area contributed by atoms with Crippen molar-refractivity contribution in [2.24, 2.45) is 5.41 Å². The van der Waals surface area contributed by atoms with Crippen LogP contribution in [0.5, 0.6) is 0 Å². The number of carbonyl (C=O) groups is 2. The van der Waals surface area contributed by atoms with Gasteiger partial charge in [-0.2, -0.15) is 0 Å². The van der Waals surface area contributed by atoms with Crippen LogP contribution >= 0.6 is 0 Å². The summed E-state index contributed by atoms with van der Waals surface area (Å²) in [6, 6.07) is 0.767. The Bertz CT molecular complexity index is 337. The molecular formula is C15H29N3O2. The third-order valence-electron chi connectivity index (χ3n) is 3.54. The molecule has 1 heterocycles. The highest BCUT2D eigenvalue weighted by atomic mass is 16.2. The molecule has 0 aromatic carbocycles. The van der Waals surface area contributed by atoms with Crippen LogP contribution in [0.1, 0.15) is 53.4 Å². The first-order valence-electron chi connectivity index (χ1n) is 7.60. The van der Waals surface area contributed by atoms with Crippen molar-refractivity contribution in [2.75, 3.05) is 13.1 Å². The zero-order valence-corrected chi connectivity index (χ0v) is 13.2. The van der Waals surface area contributed by atoms with Crippen molar-refractivity contribution in [3.63, 3.8) is 0 Å². The molecule has 2 atom stereocenters. The van der Waals surface area contributed by atoms with Crippen molar-refractivity contribution in [3.05, 3.63) is 0 Å². The van der Waals surface area contributed by atoms with E-state index in [4.69, 9.17) is 0 Å². The van der Waals surface area contributed by atoms with Crippen LogP contribution in [0, 0.1) is 5.41 Å². The average Bonchev–Trinajstić information content (AvgIpc) is 2.33. The van der Waals surface area contributed by atoms with Crippen molar-refractivity contribution in [1.29, 1.82) is 0 Å². The van der Waals surface area contributed by atoms with E-state index in [1.807, 2.05) is 20.8 Å². The number of hydrogen-bond acceptors (Lipinski definition) is 3. The van der Waals surface area contributed by atoms with Gasteiger partial charge in [-0.05, 0) is 32.7 Å². The van der Waals surface area contributed by atoms with Gasteiger partial charge in [0.2, 0.25) is 11.8 Å². The van der Waals surface area contributed by atoms with E-state index >= 15 is 0 Å². The van der Waals surface area contributed by atoms with Gasteiger partial charge in [-0.3, -0.25) is 9.59 Å². The predicted molar refractivity (Wildman–Crippen MR) is 80.3 cm³/mol. The van der Waals surface area contributed by atoms with E-state index in [9.17, 15) is 9.59 Å². The monoisotopic (exact) mass is 283 g/mol. The topological polar surface area (TPSA) is 70.2 Å². The van der Waals surface area contributed by atoms with Crippen LogP contribution in [0.15, 0.2) is 0 Å². The molecule has 5 nitrogen and oxygen atoms in total. The number of nitrogens with one attached hydrogen (secondary N) is 3. The van der Waals surface area contributed by atoms with Crippen LogP contribution in [0.3, 0.4) is 0 Å². The quantitative estimate of drug-likeness (QED) is 0.664. The molecule has 1 aliphatic rings. The Kier molecular flexibility index (Phi) is 6.46. The third kappa shape index (κ3) is 6.37. The van der Waals surface area contributed by atoms with Crippen molar-refractivity contribution in [2.45, 2.75) is 65.5 Å². The number of carbonyl (C=O) groups excluding carboxylic acids is 2. The minimum absolute atomic E-state index is 0.0325. The number of hydrogen-bond donors (Lipinski definition) is 3. The molecule has 0 aromatic rings. The Labute approximate surface area is 122 Å². The lowest BCUT2D eigenvalue weighted by Gasteiger charge is -2.28. The van der Waals surface area contributed by atoms with Crippen molar-refractivity contribution >= 4 is 11.8 Å². The van der Waals surface area contributed by atoms with E-state index in [-0.39, 0.29) is 17.2 Å². The van der Waals surface area contributed by atoms with E-state index < -0.39 is 0 Å². The first kappa shape index (κ1) is 17.0. The first-order valence-corrected chi connectivity index (χ1v) is 7.60. The van der Waals surface area contributed by atoms with Crippen molar-refractivity contribution in [1.82, 2.24) is 16.0 Å². The summed E-state index contributed by atoms with van der Waals surface area (Å²) in [7, 11) is 0. The molecule has 1 aliphatic heterocycles. The fourth-order valence-corrected chi connectivity index (χ4v) is 2.28. The minimum atomic E-state index is -0.368. The lowest BCUT2D eigenvalue weighted by molar-refractivity contribution is -0.128. The van der Waals surface area contributed by atoms with E-state index in [0.717, 1.165) is 19.4 Å². The van der Waals surface area contributed by atoms with Gasteiger partial charge >= 0.3 is 0 Å². The van der Waals surface area contributed by atoms with Gasteiger partial charge in [0, 0.05) is 30.5 Å². The summed E-state index contributed by atoms with van der Waals surface area (Å²) < 4.78 is 0. The Hall–Kier alpha value is -1.10. The normalized spacial score (nSPS) is 23.2. The number of piperidine rings is 1. The molecule has 2 amide bonds. The summed E-state index contributed by atoms with van der Waals surface area (Å²) in [4.78, 5) is 23.5. The zero-order chi connectivity index (χ0) is 15.2. The second kappa shape index (κ2) is 7.62. The van der Waals surface area contributed by atoms with E-state index in [2.05, 4.69) is 22.9 Å². The molecule has 0 aliphatic carbocycles. The van der Waals surface area contributed by atoms with Gasteiger partial charge in [-0.25, -0.2) is 0 Å². The van der Waals surface area contributed by atoms with Gasteiger partial charge in [0.1, 0.15) is 0 Å². The Morgan fingerprint density at radius 1 is 1.30 bits per heavy atom. The molecular weight excluding hydrogens is 254 g/mol. The van der Waals surface area contributed by atoms with E-state index in [1.54, 1.807) is 0 Å². The van der Waals surface area contributed by atoms with Gasteiger partial charge in [0.15, 0.2) is 0 Å². The highest BCUT2D eigenvalue weighted by Gasteiger charge is 2.21. The fraction of sp³-hybridized carbons (Fsp3) is 0.867. The molecule has 3 N–H and O–H groups in total. The van der Waals surface area contributed by atoms with Crippen molar-refractivity contribution < 1.29 is 9.59 Å². The maximum absolute atomic E-state index is 11.8. The van der Waals surface area contributed by atoms with Gasteiger partial charge in [-0.15, -0.1) is 0 Å². The lowest BCUT2D eigenvalue weighted by atomic mass is 9.96. The van der Waals surface area contributed by atoms with Crippen LogP contribution in [0.25, 0.3) is 0 Å². The van der Waals surface area contributed by atoms with Crippen LogP contribution in [0.4, 0.5) is 0 Å². The first-order chi connectivity index (χ1) is 9.29. The predicted octanol–water partition coefficient (Wildman–Crippen LogP) is 1.19. The van der Waals surface area contributed by atoms with Crippen molar-refractivity contribution in [3.8, 4) is 0 Å². The molecule has 2 unspecified atom stereocenters. The summed E-state index contributed by atoms with van der Waals surface area (Å²) >= 11 is 0. The third-order valence-corrected chi connectivity index (χ3v) is 3.54. The molecule has 0 spiro atoms. The highest BCUT2D eigenvalue weighted by molar-refractivity contribution is 5.81. The Balaban J connectivity index is 2.13. The smallest absolute Gasteiger partial charge is 0.225 e. The average molecular weight is 283 g/mol. The van der Waals surface area contributed by atoms with Gasteiger partial charge in [0.25, 0.3) is 0 Å². The number of rotatable bonds is 5. The Morgan fingerprint density at radius 3 is 2.60 bits per heavy atom. The lowest BCUT2D eigenvalue weighted by Crippen LogP contribution is -2.46. The maximum Gasteiger partial charge on any atom is 0.225 e. The van der Waals surface area contributed by atoms with Crippen LogP contribution in [-0.2, 0) is 9.59 Å². The summed E-state index contributed by atoms with van der Waals surface area (Å²) in [5.41, 5.74) is -0.368. The summed E-state index contributed by atoms with van der Waals surface area (Å²) in [5.74, 6) is 0.124. The van der Waals surface area contributed by atoms with Crippen LogP contribution in [-0.4, -0.2) is 37.0 Å². The molecule has 0 bridgehead atoms. The largest absolute Gasteiger partial charge is 0.356 e. The molecule has 0 radical (unpaired) electrons. The fourth-order valence-electron chi connectivity index (χ4n) is 2.28. The number of amides is 2. The molecule has 0 saturated carbocycles. The SMILES string of the molecule is CC1CC(NC(=O)CCCNC(=O)C(C)(C)C)CCN1. The molecule has 116 valence electrons. The summed E-state index contributed by atoms with van der Waals surface area (Å²) in [6.07, 6.45) is 3.15. The summed E-state index contributed by atoms with van der Waals surface area (Å²) in [5, 5.41) is 9.30. The Morgan fingerprint density at radius 2 is 2.00 bits per heavy atom. The van der Waals surface area contributed by atoms with Crippen LogP contribution in [0.2, 0.25) is 0 Å².